The highest BCUT2D eigenvalue weighted by Gasteiger charge is 2.20. The Balaban J connectivity index is 2.14. The van der Waals surface area contributed by atoms with Crippen LogP contribution in [0.5, 0.6) is 11.5 Å². The van der Waals surface area contributed by atoms with Crippen molar-refractivity contribution in [1.29, 1.82) is 0 Å². The number of phenolic OH excluding ortho intramolecular Hbond substituents is 1. The number of aromatic hydroxyl groups is 1. The third kappa shape index (κ3) is 5.93. The number of ketones is 1. The molecule has 1 atom stereocenters. The summed E-state index contributed by atoms with van der Waals surface area (Å²) < 4.78 is 10.5. The van der Waals surface area contributed by atoms with Gasteiger partial charge < -0.3 is 19.7 Å². The second-order valence-corrected chi connectivity index (χ2v) is 6.73. The molecule has 0 spiro atoms. The highest BCUT2D eigenvalue weighted by Crippen LogP contribution is 2.34. The Labute approximate surface area is 170 Å². The number of esters is 1. The molecule has 0 aliphatic carbocycles. The minimum atomic E-state index is -1.04. The van der Waals surface area contributed by atoms with Crippen molar-refractivity contribution in [3.8, 4) is 11.5 Å². The lowest BCUT2D eigenvalue weighted by molar-refractivity contribution is -0.142. The maximum absolute atomic E-state index is 12.7. The van der Waals surface area contributed by atoms with Crippen LogP contribution in [0.25, 0.3) is 0 Å². The Morgan fingerprint density at radius 3 is 2.41 bits per heavy atom. The van der Waals surface area contributed by atoms with E-state index in [0.29, 0.717) is 23.3 Å². The van der Waals surface area contributed by atoms with Crippen molar-refractivity contribution in [3.63, 3.8) is 0 Å². The van der Waals surface area contributed by atoms with Gasteiger partial charge in [-0.2, -0.15) is 0 Å². The number of aliphatic hydroxyl groups is 1. The standard InChI is InChI=1S/C23H26O6/c1-4-8-18-20(28-13-17(24)14-29-23(27)15(2)3)12-11-19(22(18)26)21(25)16-9-6-5-7-10-16/h5-7,9-12,17,24,26H,2,4,8,13-14H2,1,3H3. The van der Waals surface area contributed by atoms with Crippen LogP contribution in [-0.4, -0.2) is 41.3 Å². The molecule has 6 nitrogen and oxygen atoms in total. The molecule has 0 heterocycles. The molecule has 0 saturated heterocycles. The van der Waals surface area contributed by atoms with Crippen LogP contribution in [0.4, 0.5) is 0 Å². The van der Waals surface area contributed by atoms with Gasteiger partial charge in [-0.15, -0.1) is 0 Å². The number of carbonyl (C=O) groups excluding carboxylic acids is 2. The topological polar surface area (TPSA) is 93.1 Å². The average molecular weight is 398 g/mol. The van der Waals surface area contributed by atoms with Gasteiger partial charge in [0.1, 0.15) is 30.8 Å². The van der Waals surface area contributed by atoms with E-state index in [1.54, 1.807) is 30.3 Å². The first-order chi connectivity index (χ1) is 13.8. The van der Waals surface area contributed by atoms with Crippen molar-refractivity contribution in [3.05, 3.63) is 71.3 Å². The van der Waals surface area contributed by atoms with E-state index in [2.05, 4.69) is 6.58 Å². The van der Waals surface area contributed by atoms with E-state index < -0.39 is 12.1 Å². The first-order valence-corrected chi connectivity index (χ1v) is 9.43. The summed E-state index contributed by atoms with van der Waals surface area (Å²) in [6.45, 7) is 6.57. The second-order valence-electron chi connectivity index (χ2n) is 6.73. The first kappa shape index (κ1) is 22.2. The Morgan fingerprint density at radius 2 is 1.79 bits per heavy atom. The van der Waals surface area contributed by atoms with Gasteiger partial charge in [0.2, 0.25) is 0 Å². The fourth-order valence-electron chi connectivity index (χ4n) is 2.70. The highest BCUT2D eigenvalue weighted by molar-refractivity contribution is 6.11. The van der Waals surface area contributed by atoms with E-state index >= 15 is 0 Å². The Hall–Kier alpha value is -3.12. The van der Waals surface area contributed by atoms with Crippen molar-refractivity contribution in [2.45, 2.75) is 32.8 Å². The molecule has 0 aliphatic heterocycles. The van der Waals surface area contributed by atoms with E-state index in [1.165, 1.54) is 13.0 Å². The van der Waals surface area contributed by atoms with Crippen LogP contribution < -0.4 is 4.74 Å². The molecule has 6 heteroatoms. The van der Waals surface area contributed by atoms with Gasteiger partial charge in [-0.05, 0) is 25.5 Å². The molecule has 0 amide bonds. The number of rotatable bonds is 10. The summed E-state index contributed by atoms with van der Waals surface area (Å²) in [5.74, 6) is -0.614. The van der Waals surface area contributed by atoms with Gasteiger partial charge in [0.15, 0.2) is 5.78 Å². The smallest absolute Gasteiger partial charge is 0.333 e. The Morgan fingerprint density at radius 1 is 1.10 bits per heavy atom. The number of phenols is 1. The lowest BCUT2D eigenvalue weighted by atomic mass is 9.97. The van der Waals surface area contributed by atoms with Crippen molar-refractivity contribution < 1.29 is 29.3 Å². The third-order valence-corrected chi connectivity index (χ3v) is 4.21. The molecule has 0 aliphatic rings. The van der Waals surface area contributed by atoms with Crippen LogP contribution in [0.15, 0.2) is 54.6 Å². The van der Waals surface area contributed by atoms with Gasteiger partial charge in [-0.3, -0.25) is 4.79 Å². The van der Waals surface area contributed by atoms with Crippen LogP contribution in [0.1, 0.15) is 41.8 Å². The zero-order chi connectivity index (χ0) is 21.4. The molecular formula is C23H26O6. The summed E-state index contributed by atoms with van der Waals surface area (Å²) in [6.07, 6.45) is 0.185. The quantitative estimate of drug-likeness (QED) is 0.362. The van der Waals surface area contributed by atoms with Gasteiger partial charge in [-0.25, -0.2) is 4.79 Å². The van der Waals surface area contributed by atoms with Crippen molar-refractivity contribution in [2.24, 2.45) is 0 Å². The number of hydrogen-bond acceptors (Lipinski definition) is 6. The minimum absolute atomic E-state index is 0.124. The summed E-state index contributed by atoms with van der Waals surface area (Å²) in [7, 11) is 0. The molecule has 0 radical (unpaired) electrons. The molecule has 2 aromatic rings. The molecule has 29 heavy (non-hydrogen) atoms. The predicted octanol–water partition coefficient (Wildman–Crippen LogP) is 3.43. The molecule has 0 bridgehead atoms. The lowest BCUT2D eigenvalue weighted by Crippen LogP contribution is -2.25. The zero-order valence-electron chi connectivity index (χ0n) is 16.7. The molecular weight excluding hydrogens is 372 g/mol. The molecule has 0 fully saturated rings. The monoisotopic (exact) mass is 398 g/mol. The van der Waals surface area contributed by atoms with Gasteiger partial charge in [0, 0.05) is 16.7 Å². The molecule has 154 valence electrons. The van der Waals surface area contributed by atoms with Crippen molar-refractivity contribution in [2.75, 3.05) is 13.2 Å². The van der Waals surface area contributed by atoms with E-state index in [4.69, 9.17) is 9.47 Å². The first-order valence-electron chi connectivity index (χ1n) is 9.43. The van der Waals surface area contributed by atoms with Crippen LogP contribution in [0.3, 0.4) is 0 Å². The van der Waals surface area contributed by atoms with Crippen LogP contribution in [0.2, 0.25) is 0 Å². The van der Waals surface area contributed by atoms with Gasteiger partial charge in [0.05, 0.1) is 5.56 Å². The Bertz CT molecular complexity index is 872. The average Bonchev–Trinajstić information content (AvgIpc) is 2.72. The fourth-order valence-corrected chi connectivity index (χ4v) is 2.70. The zero-order valence-corrected chi connectivity index (χ0v) is 16.7. The SMILES string of the molecule is C=C(C)C(=O)OCC(O)COc1ccc(C(=O)c2ccccc2)c(O)c1CCC. The normalized spacial score (nSPS) is 11.6. The number of benzene rings is 2. The van der Waals surface area contributed by atoms with Gasteiger partial charge in [0.25, 0.3) is 0 Å². The number of carbonyl (C=O) groups is 2. The van der Waals surface area contributed by atoms with E-state index in [0.717, 1.165) is 6.42 Å². The third-order valence-electron chi connectivity index (χ3n) is 4.21. The largest absolute Gasteiger partial charge is 0.507 e. The number of ether oxygens (including phenoxy) is 2. The van der Waals surface area contributed by atoms with E-state index in [-0.39, 0.29) is 35.9 Å². The van der Waals surface area contributed by atoms with E-state index in [1.807, 2.05) is 13.0 Å². The van der Waals surface area contributed by atoms with Crippen molar-refractivity contribution in [1.82, 2.24) is 0 Å². The maximum atomic E-state index is 12.7. The molecule has 2 rings (SSSR count). The second kappa shape index (κ2) is 10.4. The number of hydrogen-bond donors (Lipinski definition) is 2. The molecule has 0 aromatic heterocycles. The minimum Gasteiger partial charge on any atom is -0.507 e. The van der Waals surface area contributed by atoms with Crippen LogP contribution in [-0.2, 0) is 16.0 Å². The van der Waals surface area contributed by atoms with Gasteiger partial charge in [-0.1, -0.05) is 50.3 Å². The lowest BCUT2D eigenvalue weighted by Gasteiger charge is -2.17. The summed E-state index contributed by atoms with van der Waals surface area (Å²) in [5.41, 5.74) is 1.42. The summed E-state index contributed by atoms with van der Waals surface area (Å²) in [5, 5.41) is 20.7. The van der Waals surface area contributed by atoms with Crippen molar-refractivity contribution >= 4 is 11.8 Å². The summed E-state index contributed by atoms with van der Waals surface area (Å²) in [4.78, 5) is 24.1. The number of aliphatic hydroxyl groups excluding tert-OH is 1. The molecule has 2 N–H and O–H groups in total. The van der Waals surface area contributed by atoms with Gasteiger partial charge >= 0.3 is 5.97 Å². The maximum Gasteiger partial charge on any atom is 0.333 e. The highest BCUT2D eigenvalue weighted by atomic mass is 16.5. The molecule has 0 saturated carbocycles. The Kier molecular flexibility index (Phi) is 7.98. The summed E-state index contributed by atoms with van der Waals surface area (Å²) >= 11 is 0. The molecule has 2 aromatic carbocycles. The molecule has 1 unspecified atom stereocenters. The fraction of sp³-hybridized carbons (Fsp3) is 0.304. The van der Waals surface area contributed by atoms with Crippen LogP contribution >= 0.6 is 0 Å². The predicted molar refractivity (Wildman–Crippen MR) is 109 cm³/mol. The van der Waals surface area contributed by atoms with Crippen LogP contribution in [0, 0.1) is 0 Å². The van der Waals surface area contributed by atoms with E-state index in [9.17, 15) is 19.8 Å². The summed E-state index contributed by atoms with van der Waals surface area (Å²) in [6, 6.07) is 11.8.